The smallest absolute Gasteiger partial charge is 0.416 e. The van der Waals surface area contributed by atoms with Crippen LogP contribution in [0.5, 0.6) is 0 Å². The van der Waals surface area contributed by atoms with E-state index in [1.54, 1.807) is 22.6 Å². The molecular formula is C23H15F3INO4. The largest absolute Gasteiger partial charge is 0.478 e. The van der Waals surface area contributed by atoms with E-state index in [-0.39, 0.29) is 21.8 Å². The molecule has 0 atom stereocenters. The lowest BCUT2D eigenvalue weighted by Gasteiger charge is -2.17. The molecular weight excluding hydrogens is 538 g/mol. The van der Waals surface area contributed by atoms with Crippen LogP contribution in [0.1, 0.15) is 33.0 Å². The summed E-state index contributed by atoms with van der Waals surface area (Å²) >= 11 is 1.55. The third-order valence-electron chi connectivity index (χ3n) is 5.22. The molecule has 164 valence electrons. The van der Waals surface area contributed by atoms with Gasteiger partial charge in [0.2, 0.25) is 0 Å². The van der Waals surface area contributed by atoms with Gasteiger partial charge in [0, 0.05) is 9.49 Å². The van der Waals surface area contributed by atoms with Crippen molar-refractivity contribution >= 4 is 40.3 Å². The van der Waals surface area contributed by atoms with Crippen LogP contribution in [0.2, 0.25) is 0 Å². The maximum absolute atomic E-state index is 13.0. The van der Waals surface area contributed by atoms with Gasteiger partial charge < -0.3 is 9.84 Å². The Labute approximate surface area is 194 Å². The fourth-order valence-electron chi connectivity index (χ4n) is 3.80. The quantitative estimate of drug-likeness (QED) is 0.369. The fourth-order valence-corrected chi connectivity index (χ4v) is 4.56. The van der Waals surface area contributed by atoms with Gasteiger partial charge in [-0.1, -0.05) is 48.5 Å². The highest BCUT2D eigenvalue weighted by atomic mass is 127. The number of rotatable bonds is 4. The van der Waals surface area contributed by atoms with Gasteiger partial charge >= 0.3 is 18.2 Å². The van der Waals surface area contributed by atoms with Crippen LogP contribution in [0.3, 0.4) is 0 Å². The molecule has 1 amide bonds. The second-order valence-corrected chi connectivity index (χ2v) is 8.30. The number of alkyl halides is 3. The molecule has 3 aromatic carbocycles. The number of ether oxygens (including phenoxy) is 1. The van der Waals surface area contributed by atoms with E-state index in [1.165, 1.54) is 0 Å². The number of amides is 1. The standard InChI is InChI=1S/C23H15F3INO4/c24-23(25,26)12-9-17(21(29)30)20(19(27)10-12)28-22(31)32-11-18-15-7-3-1-5-13(15)14-6-2-4-8-16(14)18/h1-10,18H,11H2,(H,28,31)(H,29,30). The van der Waals surface area contributed by atoms with E-state index in [2.05, 4.69) is 5.32 Å². The predicted molar refractivity (Wildman–Crippen MR) is 120 cm³/mol. The van der Waals surface area contributed by atoms with Crippen molar-refractivity contribution in [1.29, 1.82) is 0 Å². The van der Waals surface area contributed by atoms with Crippen LogP contribution >= 0.6 is 22.6 Å². The molecule has 0 fully saturated rings. The van der Waals surface area contributed by atoms with Crippen LogP contribution < -0.4 is 5.32 Å². The Kier molecular flexibility index (Phi) is 5.85. The SMILES string of the molecule is O=C(Nc1c(I)cc(C(F)(F)F)cc1C(=O)O)OCC1c2ccccc2-c2ccccc21. The van der Waals surface area contributed by atoms with Crippen LogP contribution in [0.15, 0.2) is 60.7 Å². The number of carbonyl (C=O) groups excluding carboxylic acids is 1. The molecule has 0 saturated heterocycles. The van der Waals surface area contributed by atoms with Crippen molar-refractivity contribution in [2.75, 3.05) is 11.9 Å². The monoisotopic (exact) mass is 553 g/mol. The van der Waals surface area contributed by atoms with Crippen molar-refractivity contribution in [2.45, 2.75) is 12.1 Å². The Morgan fingerprint density at radius 3 is 2.09 bits per heavy atom. The molecule has 3 aromatic rings. The highest BCUT2D eigenvalue weighted by molar-refractivity contribution is 14.1. The molecule has 0 radical (unpaired) electrons. The number of aromatic carboxylic acids is 1. The Hall–Kier alpha value is -3.08. The first kappa shape index (κ1) is 22.1. The molecule has 9 heteroatoms. The Morgan fingerprint density at radius 2 is 1.56 bits per heavy atom. The van der Waals surface area contributed by atoms with Crippen molar-refractivity contribution in [2.24, 2.45) is 0 Å². The molecule has 1 aliphatic rings. The lowest BCUT2D eigenvalue weighted by atomic mass is 9.98. The van der Waals surface area contributed by atoms with Gasteiger partial charge in [-0.15, -0.1) is 0 Å². The van der Waals surface area contributed by atoms with Crippen molar-refractivity contribution in [3.8, 4) is 11.1 Å². The summed E-state index contributed by atoms with van der Waals surface area (Å²) in [5.41, 5.74) is 2.05. The molecule has 4 rings (SSSR count). The van der Waals surface area contributed by atoms with E-state index < -0.39 is 29.4 Å². The van der Waals surface area contributed by atoms with Crippen LogP contribution in [0.25, 0.3) is 11.1 Å². The molecule has 0 spiro atoms. The fraction of sp³-hybridized carbons (Fsp3) is 0.130. The summed E-state index contributed by atoms with van der Waals surface area (Å²) in [5.74, 6) is -1.80. The van der Waals surface area contributed by atoms with Crippen molar-refractivity contribution < 1.29 is 32.6 Å². The normalized spacial score (nSPS) is 12.8. The summed E-state index contributed by atoms with van der Waals surface area (Å²) in [4.78, 5) is 24.0. The van der Waals surface area contributed by atoms with Gasteiger partial charge in [0.25, 0.3) is 0 Å². The first-order chi connectivity index (χ1) is 15.2. The minimum absolute atomic E-state index is 0.0144. The number of carboxylic acid groups (broad SMARTS) is 1. The average Bonchev–Trinajstić information content (AvgIpc) is 3.06. The van der Waals surface area contributed by atoms with Crippen molar-refractivity contribution in [1.82, 2.24) is 0 Å². The lowest BCUT2D eigenvalue weighted by Crippen LogP contribution is -2.21. The van der Waals surface area contributed by atoms with Crippen LogP contribution in [0.4, 0.5) is 23.7 Å². The highest BCUT2D eigenvalue weighted by Gasteiger charge is 2.34. The molecule has 0 bridgehead atoms. The highest BCUT2D eigenvalue weighted by Crippen LogP contribution is 2.44. The zero-order chi connectivity index (χ0) is 23.0. The molecule has 32 heavy (non-hydrogen) atoms. The number of anilines is 1. The summed E-state index contributed by atoms with van der Waals surface area (Å²) in [6.45, 7) is -0.0144. The van der Waals surface area contributed by atoms with E-state index in [0.29, 0.717) is 6.07 Å². The second-order valence-electron chi connectivity index (χ2n) is 7.13. The average molecular weight is 553 g/mol. The van der Waals surface area contributed by atoms with Gasteiger partial charge in [-0.3, -0.25) is 5.32 Å². The Bertz CT molecular complexity index is 1180. The first-order valence-corrected chi connectivity index (χ1v) is 10.5. The number of nitrogens with one attached hydrogen (secondary N) is 1. The Balaban J connectivity index is 1.55. The zero-order valence-corrected chi connectivity index (χ0v) is 18.4. The van der Waals surface area contributed by atoms with E-state index in [9.17, 15) is 27.9 Å². The molecule has 0 heterocycles. The van der Waals surface area contributed by atoms with Crippen molar-refractivity contribution in [3.63, 3.8) is 0 Å². The minimum Gasteiger partial charge on any atom is -0.478 e. The first-order valence-electron chi connectivity index (χ1n) is 9.43. The summed E-state index contributed by atoms with van der Waals surface area (Å²) in [7, 11) is 0. The summed E-state index contributed by atoms with van der Waals surface area (Å²) in [5, 5.41) is 11.6. The molecule has 2 N–H and O–H groups in total. The number of carbonyl (C=O) groups is 2. The number of halogens is 4. The van der Waals surface area contributed by atoms with E-state index in [0.717, 1.165) is 28.3 Å². The summed E-state index contributed by atoms with van der Waals surface area (Å²) in [6, 6.07) is 16.7. The Morgan fingerprint density at radius 1 is 1.00 bits per heavy atom. The number of hydrogen-bond acceptors (Lipinski definition) is 3. The van der Waals surface area contributed by atoms with Gasteiger partial charge in [-0.05, 0) is 57.0 Å². The molecule has 5 nitrogen and oxygen atoms in total. The van der Waals surface area contributed by atoms with Gasteiger partial charge in [0.1, 0.15) is 6.61 Å². The molecule has 1 aliphatic carbocycles. The number of fused-ring (bicyclic) bond motifs is 3. The van der Waals surface area contributed by atoms with Gasteiger partial charge in [0.05, 0.1) is 16.8 Å². The van der Waals surface area contributed by atoms with E-state index in [1.807, 2.05) is 48.5 Å². The molecule has 0 aliphatic heterocycles. The van der Waals surface area contributed by atoms with Gasteiger partial charge in [-0.25, -0.2) is 9.59 Å². The number of benzene rings is 3. The van der Waals surface area contributed by atoms with E-state index >= 15 is 0 Å². The predicted octanol–water partition coefficient (Wildman–Crippen LogP) is 6.37. The minimum atomic E-state index is -4.72. The number of hydrogen-bond donors (Lipinski definition) is 2. The topological polar surface area (TPSA) is 75.6 Å². The summed E-state index contributed by atoms with van der Waals surface area (Å²) < 4.78 is 44.4. The lowest BCUT2D eigenvalue weighted by molar-refractivity contribution is -0.137. The maximum Gasteiger partial charge on any atom is 0.416 e. The second kappa shape index (κ2) is 8.45. The van der Waals surface area contributed by atoms with Gasteiger partial charge in [0.15, 0.2) is 0 Å². The molecule has 0 unspecified atom stereocenters. The van der Waals surface area contributed by atoms with Crippen LogP contribution in [-0.4, -0.2) is 23.8 Å². The molecule has 0 aromatic heterocycles. The van der Waals surface area contributed by atoms with Crippen molar-refractivity contribution in [3.05, 3.63) is 86.5 Å². The third-order valence-corrected chi connectivity index (χ3v) is 6.07. The zero-order valence-electron chi connectivity index (χ0n) is 16.2. The van der Waals surface area contributed by atoms with E-state index in [4.69, 9.17) is 4.74 Å². The molecule has 0 saturated carbocycles. The van der Waals surface area contributed by atoms with Crippen LogP contribution in [-0.2, 0) is 10.9 Å². The van der Waals surface area contributed by atoms with Crippen LogP contribution in [0, 0.1) is 3.57 Å². The summed E-state index contributed by atoms with van der Waals surface area (Å²) in [6.07, 6.45) is -5.67. The van der Waals surface area contributed by atoms with Gasteiger partial charge in [-0.2, -0.15) is 13.2 Å². The number of carboxylic acids is 1. The maximum atomic E-state index is 13.0. The third kappa shape index (κ3) is 4.16.